The van der Waals surface area contributed by atoms with E-state index in [0.717, 1.165) is 18.2 Å². The van der Waals surface area contributed by atoms with Crippen LogP contribution >= 0.6 is 0 Å². The van der Waals surface area contributed by atoms with Gasteiger partial charge in [-0.15, -0.1) is 0 Å². The molecule has 2 nitrogen and oxygen atoms in total. The Labute approximate surface area is 96.4 Å². The predicted molar refractivity (Wildman–Crippen MR) is 57.2 cm³/mol. The van der Waals surface area contributed by atoms with Crippen LogP contribution in [0.2, 0.25) is 0 Å². The Bertz CT molecular complexity index is 736. The van der Waals surface area contributed by atoms with Gasteiger partial charge in [0.05, 0.1) is 4.90 Å². The number of hydrogen-bond acceptors (Lipinski definition) is 2. The van der Waals surface area contributed by atoms with Crippen LogP contribution in [0.5, 0.6) is 0 Å². The van der Waals surface area contributed by atoms with Crippen molar-refractivity contribution in [3.8, 4) is 11.1 Å². The van der Waals surface area contributed by atoms with Gasteiger partial charge in [-0.2, -0.15) is 0 Å². The number of rotatable bonds is 0. The summed E-state index contributed by atoms with van der Waals surface area (Å²) in [6.07, 6.45) is 0. The molecule has 2 aromatic rings. The van der Waals surface area contributed by atoms with Crippen molar-refractivity contribution in [2.75, 3.05) is 0 Å². The molecule has 0 saturated carbocycles. The second kappa shape index (κ2) is 3.13. The third kappa shape index (κ3) is 1.26. The maximum absolute atomic E-state index is 13.6. The van der Waals surface area contributed by atoms with Crippen molar-refractivity contribution in [3.05, 3.63) is 48.0 Å². The summed E-state index contributed by atoms with van der Waals surface area (Å²) in [5, 5.41) is 0. The Morgan fingerprint density at radius 3 is 2.47 bits per heavy atom. The fraction of sp³-hybridized carbons (Fsp3) is 0. The molecule has 0 fully saturated rings. The molecular weight excluding hydrogens is 246 g/mol. The van der Waals surface area contributed by atoms with Gasteiger partial charge in [-0.25, -0.2) is 17.2 Å². The molecule has 0 N–H and O–H groups in total. The molecule has 0 atom stereocenters. The van der Waals surface area contributed by atoms with E-state index in [1.807, 2.05) is 0 Å². The van der Waals surface area contributed by atoms with Gasteiger partial charge in [0.25, 0.3) is 0 Å². The minimum absolute atomic E-state index is 0.169. The fourth-order valence-electron chi connectivity index (χ4n) is 2.05. The van der Waals surface area contributed by atoms with Crippen LogP contribution in [0.3, 0.4) is 0 Å². The Balaban J connectivity index is 2.51. The molecule has 1 aliphatic heterocycles. The van der Waals surface area contributed by atoms with E-state index < -0.39 is 21.5 Å². The molecular formula is C12H6F2O2S. The van der Waals surface area contributed by atoms with Gasteiger partial charge >= 0.3 is 0 Å². The molecule has 0 aliphatic carbocycles. The predicted octanol–water partition coefficient (Wildman–Crippen LogP) is 2.78. The lowest BCUT2D eigenvalue weighted by molar-refractivity contribution is 0.570. The van der Waals surface area contributed by atoms with Crippen molar-refractivity contribution in [2.24, 2.45) is 0 Å². The molecule has 0 bridgehead atoms. The summed E-state index contributed by atoms with van der Waals surface area (Å²) in [5.74, 6) is -1.46. The van der Waals surface area contributed by atoms with Crippen molar-refractivity contribution >= 4 is 9.84 Å². The van der Waals surface area contributed by atoms with E-state index in [1.165, 1.54) is 18.2 Å². The highest BCUT2D eigenvalue weighted by atomic mass is 32.2. The van der Waals surface area contributed by atoms with E-state index in [1.54, 1.807) is 0 Å². The Kier molecular flexibility index (Phi) is 1.92. The van der Waals surface area contributed by atoms with Gasteiger partial charge in [-0.3, -0.25) is 0 Å². The Hall–Kier alpha value is -1.75. The number of benzene rings is 2. The lowest BCUT2D eigenvalue weighted by Gasteiger charge is -1.98. The summed E-state index contributed by atoms with van der Waals surface area (Å²) in [6, 6.07) is 7.46. The summed E-state index contributed by atoms with van der Waals surface area (Å²) in [6.45, 7) is 0. The third-order valence-corrected chi connectivity index (χ3v) is 4.63. The highest BCUT2D eigenvalue weighted by molar-refractivity contribution is 7.92. The summed E-state index contributed by atoms with van der Waals surface area (Å²) >= 11 is 0. The minimum atomic E-state index is -3.93. The van der Waals surface area contributed by atoms with Gasteiger partial charge in [-0.1, -0.05) is 18.2 Å². The van der Waals surface area contributed by atoms with E-state index in [-0.39, 0.29) is 9.79 Å². The van der Waals surface area contributed by atoms with Gasteiger partial charge in [0, 0.05) is 11.1 Å². The summed E-state index contributed by atoms with van der Waals surface area (Å²) in [4.78, 5) is -0.529. The first kappa shape index (κ1) is 10.4. The van der Waals surface area contributed by atoms with Crippen molar-refractivity contribution in [1.82, 2.24) is 0 Å². The highest BCUT2D eigenvalue weighted by Gasteiger charge is 2.35. The highest BCUT2D eigenvalue weighted by Crippen LogP contribution is 2.44. The molecule has 5 heteroatoms. The first-order valence-corrected chi connectivity index (χ1v) is 6.33. The molecule has 0 radical (unpaired) electrons. The summed E-state index contributed by atoms with van der Waals surface area (Å²) in [7, 11) is -3.93. The maximum Gasteiger partial charge on any atom is 0.210 e. The normalized spacial score (nSPS) is 15.4. The molecule has 0 saturated heterocycles. The van der Waals surface area contributed by atoms with Gasteiger partial charge in [0.2, 0.25) is 9.84 Å². The van der Waals surface area contributed by atoms with Gasteiger partial charge < -0.3 is 0 Å². The molecule has 86 valence electrons. The monoisotopic (exact) mass is 252 g/mol. The van der Waals surface area contributed by atoms with Crippen molar-refractivity contribution in [1.29, 1.82) is 0 Å². The number of fused-ring (bicyclic) bond motifs is 3. The molecule has 1 aliphatic rings. The van der Waals surface area contributed by atoms with Crippen LogP contribution in [0.4, 0.5) is 8.78 Å². The van der Waals surface area contributed by atoms with E-state index >= 15 is 0 Å². The lowest BCUT2D eigenvalue weighted by atomic mass is 10.1. The zero-order chi connectivity index (χ0) is 12.2. The molecule has 17 heavy (non-hydrogen) atoms. The van der Waals surface area contributed by atoms with Crippen molar-refractivity contribution < 1.29 is 17.2 Å². The van der Waals surface area contributed by atoms with Gasteiger partial charge in [0.15, 0.2) is 0 Å². The molecule has 0 aromatic heterocycles. The average Bonchev–Trinajstić information content (AvgIpc) is 2.49. The second-order valence-corrected chi connectivity index (χ2v) is 5.62. The van der Waals surface area contributed by atoms with Crippen LogP contribution in [-0.4, -0.2) is 8.42 Å². The van der Waals surface area contributed by atoms with Crippen molar-refractivity contribution in [2.45, 2.75) is 9.79 Å². The topological polar surface area (TPSA) is 34.1 Å². The van der Waals surface area contributed by atoms with E-state index in [9.17, 15) is 17.2 Å². The zero-order valence-corrected chi connectivity index (χ0v) is 9.26. The van der Waals surface area contributed by atoms with E-state index in [4.69, 9.17) is 0 Å². The largest absolute Gasteiger partial charge is 0.218 e. The van der Waals surface area contributed by atoms with Crippen molar-refractivity contribution in [3.63, 3.8) is 0 Å². The Morgan fingerprint density at radius 2 is 1.71 bits per heavy atom. The van der Waals surface area contributed by atoms with Crippen LogP contribution in [0.15, 0.2) is 46.2 Å². The number of hydrogen-bond donors (Lipinski definition) is 0. The van der Waals surface area contributed by atoms with E-state index in [2.05, 4.69) is 0 Å². The van der Waals surface area contributed by atoms with Crippen LogP contribution in [0.1, 0.15) is 0 Å². The van der Waals surface area contributed by atoms with E-state index in [0.29, 0.717) is 11.1 Å². The first-order chi connectivity index (χ1) is 8.01. The van der Waals surface area contributed by atoms with Crippen LogP contribution < -0.4 is 0 Å². The number of halogens is 2. The minimum Gasteiger partial charge on any atom is -0.218 e. The zero-order valence-electron chi connectivity index (χ0n) is 8.44. The standard InChI is InChI=1S/C12H6F2O2S/c13-7-4-5-8-9-2-1-3-10(14)12(9)17(15,16)11(8)6-7/h1-6H. The first-order valence-electron chi connectivity index (χ1n) is 4.85. The molecule has 3 rings (SSSR count). The smallest absolute Gasteiger partial charge is 0.210 e. The summed E-state index contributed by atoms with van der Waals surface area (Å²) < 4.78 is 50.7. The lowest BCUT2D eigenvalue weighted by Crippen LogP contribution is -1.99. The Morgan fingerprint density at radius 1 is 0.941 bits per heavy atom. The third-order valence-electron chi connectivity index (χ3n) is 2.76. The summed E-state index contributed by atoms with van der Waals surface area (Å²) in [5.41, 5.74) is 0.640. The SMILES string of the molecule is O=S1(=O)c2cc(F)ccc2-c2cccc(F)c21. The van der Waals surface area contributed by atoms with Crippen LogP contribution in [0, 0.1) is 11.6 Å². The fourth-order valence-corrected chi connectivity index (χ4v) is 3.79. The molecule has 0 spiro atoms. The maximum atomic E-state index is 13.6. The average molecular weight is 252 g/mol. The van der Waals surface area contributed by atoms with Crippen LogP contribution in [0.25, 0.3) is 11.1 Å². The molecule has 0 unspecified atom stereocenters. The van der Waals surface area contributed by atoms with Gasteiger partial charge in [-0.05, 0) is 18.2 Å². The van der Waals surface area contributed by atoms with Gasteiger partial charge in [0.1, 0.15) is 16.5 Å². The molecule has 2 aromatic carbocycles. The molecule has 0 amide bonds. The second-order valence-electron chi connectivity index (χ2n) is 3.76. The molecule has 1 heterocycles. The van der Waals surface area contributed by atoms with Crippen LogP contribution in [-0.2, 0) is 9.84 Å². The quantitative estimate of drug-likeness (QED) is 0.616. The number of sulfone groups is 1.